The van der Waals surface area contributed by atoms with E-state index < -0.39 is 5.82 Å². The monoisotopic (exact) mass is 314 g/mol. The van der Waals surface area contributed by atoms with Crippen LogP contribution >= 0.6 is 0 Å². The van der Waals surface area contributed by atoms with Crippen molar-refractivity contribution in [1.82, 2.24) is 0 Å². The molecule has 0 aromatic heterocycles. The van der Waals surface area contributed by atoms with Crippen molar-refractivity contribution in [2.75, 3.05) is 0 Å². The van der Waals surface area contributed by atoms with Crippen molar-refractivity contribution in [3.05, 3.63) is 107 Å². The maximum atomic E-state index is 14.1. The van der Waals surface area contributed by atoms with Crippen LogP contribution in [0.4, 0.5) is 8.78 Å². The molecular weight excluding hydrogens is 302 g/mol. The lowest BCUT2D eigenvalue weighted by atomic mass is 10.1. The zero-order valence-electron chi connectivity index (χ0n) is 12.7. The number of hydrogen-bond donors (Lipinski definition) is 0. The molecule has 0 amide bonds. The summed E-state index contributed by atoms with van der Waals surface area (Å²) >= 11 is 0. The summed E-state index contributed by atoms with van der Waals surface area (Å²) in [5.74, 6) is 10.7. The van der Waals surface area contributed by atoms with Crippen LogP contribution in [0, 0.1) is 35.3 Å². The number of hydrogen-bond acceptors (Lipinski definition) is 0. The first-order valence-electron chi connectivity index (χ1n) is 7.35. The average molecular weight is 314 g/mol. The molecule has 0 aliphatic carbocycles. The molecule has 0 aliphatic heterocycles. The Bertz CT molecular complexity index is 964. The van der Waals surface area contributed by atoms with Crippen molar-refractivity contribution < 1.29 is 8.78 Å². The van der Waals surface area contributed by atoms with Crippen LogP contribution < -0.4 is 0 Å². The molecule has 0 aliphatic rings. The molecule has 3 aromatic carbocycles. The van der Waals surface area contributed by atoms with E-state index in [4.69, 9.17) is 0 Å². The third-order valence-electron chi connectivity index (χ3n) is 3.28. The zero-order chi connectivity index (χ0) is 16.8. The van der Waals surface area contributed by atoms with Crippen molar-refractivity contribution in [1.29, 1.82) is 0 Å². The molecule has 0 saturated heterocycles. The maximum Gasteiger partial charge on any atom is 0.140 e. The topological polar surface area (TPSA) is 0 Å². The smallest absolute Gasteiger partial charge is 0.140 e. The van der Waals surface area contributed by atoms with Gasteiger partial charge in [-0.15, -0.1) is 0 Å². The minimum atomic E-state index is -0.426. The summed E-state index contributed by atoms with van der Waals surface area (Å²) in [6.45, 7) is 0. The molecule has 2 heteroatoms. The Morgan fingerprint density at radius 2 is 1.12 bits per heavy atom. The van der Waals surface area contributed by atoms with Gasteiger partial charge in [0, 0.05) is 16.7 Å². The summed E-state index contributed by atoms with van der Waals surface area (Å²) in [6, 6.07) is 20.0. The SMILES string of the molecule is Fc1ccc(C#Cc2ccc(C#Cc3ccccc3)cc2F)cc1. The summed E-state index contributed by atoms with van der Waals surface area (Å²) in [7, 11) is 0. The van der Waals surface area contributed by atoms with Crippen molar-refractivity contribution in [3.63, 3.8) is 0 Å². The molecule has 0 spiro atoms. The van der Waals surface area contributed by atoms with Gasteiger partial charge in [-0.1, -0.05) is 41.9 Å². The number of benzene rings is 3. The molecule has 0 N–H and O–H groups in total. The zero-order valence-corrected chi connectivity index (χ0v) is 12.7. The first-order valence-corrected chi connectivity index (χ1v) is 7.35. The van der Waals surface area contributed by atoms with Gasteiger partial charge < -0.3 is 0 Å². The molecule has 0 heterocycles. The van der Waals surface area contributed by atoms with Crippen LogP contribution in [-0.2, 0) is 0 Å². The Kier molecular flexibility index (Phi) is 4.70. The summed E-state index contributed by atoms with van der Waals surface area (Å²) in [6.07, 6.45) is 0. The molecule has 3 aromatic rings. The lowest BCUT2D eigenvalue weighted by Gasteiger charge is -1.96. The highest BCUT2D eigenvalue weighted by Crippen LogP contribution is 2.10. The number of halogens is 2. The largest absolute Gasteiger partial charge is 0.207 e. The van der Waals surface area contributed by atoms with E-state index in [-0.39, 0.29) is 11.4 Å². The first kappa shape index (κ1) is 15.5. The molecule has 0 saturated carbocycles. The van der Waals surface area contributed by atoms with E-state index in [1.807, 2.05) is 30.3 Å². The molecule has 0 nitrogen and oxygen atoms in total. The third kappa shape index (κ3) is 4.09. The summed E-state index contributed by atoms with van der Waals surface area (Å²) in [5, 5.41) is 0. The second-order valence-corrected chi connectivity index (χ2v) is 5.07. The van der Waals surface area contributed by atoms with E-state index in [0.29, 0.717) is 11.1 Å². The predicted molar refractivity (Wildman–Crippen MR) is 91.2 cm³/mol. The van der Waals surface area contributed by atoms with E-state index in [1.54, 1.807) is 24.3 Å². The lowest BCUT2D eigenvalue weighted by molar-refractivity contribution is 0.624. The summed E-state index contributed by atoms with van der Waals surface area (Å²) in [5.41, 5.74) is 2.37. The summed E-state index contributed by atoms with van der Waals surface area (Å²) < 4.78 is 26.9. The van der Waals surface area contributed by atoms with Crippen LogP contribution in [0.25, 0.3) is 0 Å². The fourth-order valence-corrected chi connectivity index (χ4v) is 2.03. The van der Waals surface area contributed by atoms with Crippen LogP contribution in [-0.4, -0.2) is 0 Å². The molecule has 0 unspecified atom stereocenters. The van der Waals surface area contributed by atoms with Gasteiger partial charge in [-0.3, -0.25) is 0 Å². The van der Waals surface area contributed by atoms with Crippen molar-refractivity contribution >= 4 is 0 Å². The Morgan fingerprint density at radius 3 is 1.83 bits per heavy atom. The average Bonchev–Trinajstić information content (AvgIpc) is 2.61. The van der Waals surface area contributed by atoms with Crippen LogP contribution in [0.1, 0.15) is 22.3 Å². The standard InChI is InChI=1S/C22H12F2/c23-21-14-10-18(11-15-21)8-12-20-13-9-19(16-22(20)24)7-6-17-4-2-1-3-5-17/h1-5,9-11,13-16H. The highest BCUT2D eigenvalue weighted by atomic mass is 19.1. The van der Waals surface area contributed by atoms with E-state index in [1.165, 1.54) is 18.2 Å². The summed E-state index contributed by atoms with van der Waals surface area (Å²) in [4.78, 5) is 0. The van der Waals surface area contributed by atoms with Crippen LogP contribution in [0.2, 0.25) is 0 Å². The van der Waals surface area contributed by atoms with Crippen molar-refractivity contribution in [2.24, 2.45) is 0 Å². The van der Waals surface area contributed by atoms with E-state index in [9.17, 15) is 8.78 Å². The fraction of sp³-hybridized carbons (Fsp3) is 0. The molecular formula is C22H12F2. The van der Waals surface area contributed by atoms with E-state index in [0.717, 1.165) is 5.56 Å². The van der Waals surface area contributed by atoms with Gasteiger partial charge in [0.25, 0.3) is 0 Å². The Morgan fingerprint density at radius 1 is 0.542 bits per heavy atom. The van der Waals surface area contributed by atoms with E-state index in [2.05, 4.69) is 23.7 Å². The lowest BCUT2D eigenvalue weighted by Crippen LogP contribution is -1.86. The maximum absolute atomic E-state index is 14.1. The molecule has 24 heavy (non-hydrogen) atoms. The van der Waals surface area contributed by atoms with Crippen molar-refractivity contribution in [2.45, 2.75) is 0 Å². The fourth-order valence-electron chi connectivity index (χ4n) is 2.03. The molecule has 0 fully saturated rings. The van der Waals surface area contributed by atoms with Gasteiger partial charge in [-0.05, 0) is 54.6 Å². The Labute approximate surface area is 139 Å². The highest BCUT2D eigenvalue weighted by molar-refractivity contribution is 5.48. The van der Waals surface area contributed by atoms with Gasteiger partial charge in [0.15, 0.2) is 0 Å². The van der Waals surface area contributed by atoms with Crippen LogP contribution in [0.5, 0.6) is 0 Å². The Balaban J connectivity index is 1.81. The quantitative estimate of drug-likeness (QED) is 0.525. The molecule has 114 valence electrons. The Hall–Kier alpha value is -3.36. The van der Waals surface area contributed by atoms with Crippen LogP contribution in [0.3, 0.4) is 0 Å². The van der Waals surface area contributed by atoms with E-state index >= 15 is 0 Å². The van der Waals surface area contributed by atoms with Gasteiger partial charge in [0.05, 0.1) is 5.56 Å². The highest BCUT2D eigenvalue weighted by Gasteiger charge is 2.00. The second kappa shape index (κ2) is 7.27. The second-order valence-electron chi connectivity index (χ2n) is 5.07. The minimum Gasteiger partial charge on any atom is -0.207 e. The van der Waals surface area contributed by atoms with Crippen LogP contribution in [0.15, 0.2) is 72.8 Å². The van der Waals surface area contributed by atoms with Gasteiger partial charge in [0.1, 0.15) is 11.6 Å². The first-order chi connectivity index (χ1) is 11.7. The minimum absolute atomic E-state index is 0.282. The predicted octanol–water partition coefficient (Wildman–Crippen LogP) is 4.76. The molecule has 0 radical (unpaired) electrons. The van der Waals surface area contributed by atoms with Gasteiger partial charge >= 0.3 is 0 Å². The molecule has 3 rings (SSSR count). The molecule has 0 atom stereocenters. The van der Waals surface area contributed by atoms with Crippen molar-refractivity contribution in [3.8, 4) is 23.7 Å². The van der Waals surface area contributed by atoms with Gasteiger partial charge in [0.2, 0.25) is 0 Å². The van der Waals surface area contributed by atoms with Gasteiger partial charge in [-0.25, -0.2) is 8.78 Å². The normalized spacial score (nSPS) is 9.42. The van der Waals surface area contributed by atoms with Gasteiger partial charge in [-0.2, -0.15) is 0 Å². The molecule has 0 bridgehead atoms. The third-order valence-corrected chi connectivity index (χ3v) is 3.28. The number of rotatable bonds is 0.